The quantitative estimate of drug-likeness (QED) is 0.403. The van der Waals surface area contributed by atoms with Crippen molar-refractivity contribution in [3.8, 4) is 0 Å². The number of hydrogen-bond acceptors (Lipinski definition) is 5. The first-order valence-corrected chi connectivity index (χ1v) is 11.9. The lowest BCUT2D eigenvalue weighted by molar-refractivity contribution is -0.0328. The van der Waals surface area contributed by atoms with Gasteiger partial charge in [0, 0.05) is 37.8 Å². The van der Waals surface area contributed by atoms with Crippen molar-refractivity contribution in [1.82, 2.24) is 0 Å². The topological polar surface area (TPSA) is 85.0 Å². The van der Waals surface area contributed by atoms with Gasteiger partial charge in [-0.2, -0.15) is 0 Å². The van der Waals surface area contributed by atoms with Gasteiger partial charge >= 0.3 is 0 Å². The monoisotopic (exact) mass is 453 g/mol. The maximum Gasteiger partial charge on any atom is 0.248 e. The SMILES string of the molecule is C=C/C(=C\N=C(/C)N)c1cc(N2CCOCC2)cc(S(=O)(=O)C2CCC(F)(F)CC2)c1. The maximum atomic E-state index is 13.6. The molecule has 1 aromatic rings. The standard InChI is InChI=1S/C22H29F2N3O3S/c1-3-17(15-26-16(2)25)18-12-19(27-8-10-30-11-9-27)14-21(13-18)31(28,29)20-4-6-22(23,24)7-5-20/h3,12-15,20H,1,4-11H2,2H3,(H2,25,26)/b17-15+. The van der Waals surface area contributed by atoms with Gasteiger partial charge in [-0.05, 0) is 49.1 Å². The molecular weight excluding hydrogens is 424 g/mol. The lowest BCUT2D eigenvalue weighted by Gasteiger charge is -2.31. The number of nitrogens with zero attached hydrogens (tertiary/aromatic N) is 2. The van der Waals surface area contributed by atoms with Crippen molar-refractivity contribution in [1.29, 1.82) is 0 Å². The van der Waals surface area contributed by atoms with Crippen LogP contribution < -0.4 is 10.6 Å². The summed E-state index contributed by atoms with van der Waals surface area (Å²) in [5, 5.41) is -0.819. The fourth-order valence-electron chi connectivity index (χ4n) is 3.85. The molecule has 0 radical (unpaired) electrons. The van der Waals surface area contributed by atoms with Crippen LogP contribution in [0.25, 0.3) is 5.57 Å². The molecule has 9 heteroatoms. The second kappa shape index (κ2) is 9.48. The molecule has 2 fully saturated rings. The molecule has 0 unspecified atom stereocenters. The number of halogens is 2. The molecule has 1 aromatic carbocycles. The van der Waals surface area contributed by atoms with Gasteiger partial charge in [-0.25, -0.2) is 22.2 Å². The molecule has 1 aliphatic heterocycles. The highest BCUT2D eigenvalue weighted by molar-refractivity contribution is 7.92. The molecule has 0 bridgehead atoms. The Kier molecular flexibility index (Phi) is 7.16. The predicted octanol–water partition coefficient (Wildman–Crippen LogP) is 3.78. The molecule has 2 aliphatic rings. The second-order valence-electron chi connectivity index (χ2n) is 7.97. The number of hydrogen-bond donors (Lipinski definition) is 1. The number of anilines is 1. The number of aliphatic imine (C=N–C) groups is 1. The molecule has 1 aliphatic carbocycles. The van der Waals surface area contributed by atoms with Crippen LogP contribution in [-0.2, 0) is 14.6 Å². The van der Waals surface area contributed by atoms with Crippen LogP contribution in [0.15, 0.2) is 46.9 Å². The first-order valence-electron chi connectivity index (χ1n) is 10.3. The fourth-order valence-corrected chi connectivity index (χ4v) is 5.67. The summed E-state index contributed by atoms with van der Waals surface area (Å²) >= 11 is 0. The lowest BCUT2D eigenvalue weighted by atomic mass is 9.96. The summed E-state index contributed by atoms with van der Waals surface area (Å²) in [5.41, 5.74) is 7.61. The van der Waals surface area contributed by atoms with Gasteiger partial charge in [0.05, 0.1) is 29.2 Å². The van der Waals surface area contributed by atoms with Crippen LogP contribution in [0.1, 0.15) is 38.2 Å². The first kappa shape index (κ1) is 23.4. The summed E-state index contributed by atoms with van der Waals surface area (Å²) in [7, 11) is -3.78. The van der Waals surface area contributed by atoms with E-state index in [2.05, 4.69) is 16.5 Å². The zero-order valence-electron chi connectivity index (χ0n) is 17.7. The minimum Gasteiger partial charge on any atom is -0.387 e. The Balaban J connectivity index is 2.05. The molecule has 0 atom stereocenters. The number of nitrogens with two attached hydrogens (primary N) is 1. The summed E-state index contributed by atoms with van der Waals surface area (Å²) < 4.78 is 59.3. The van der Waals surface area contributed by atoms with Gasteiger partial charge in [-0.3, -0.25) is 0 Å². The molecule has 0 aromatic heterocycles. The van der Waals surface area contributed by atoms with E-state index in [1.165, 1.54) is 0 Å². The third-order valence-corrected chi connectivity index (χ3v) is 7.90. The van der Waals surface area contributed by atoms with Crippen molar-refractivity contribution < 1.29 is 21.9 Å². The van der Waals surface area contributed by atoms with E-state index in [-0.39, 0.29) is 17.7 Å². The summed E-state index contributed by atoms with van der Waals surface area (Å²) in [5.74, 6) is -2.43. The summed E-state index contributed by atoms with van der Waals surface area (Å²) in [6.07, 6.45) is 2.21. The van der Waals surface area contributed by atoms with E-state index in [9.17, 15) is 17.2 Å². The van der Waals surface area contributed by atoms with Gasteiger partial charge in [0.25, 0.3) is 0 Å². The summed E-state index contributed by atoms with van der Waals surface area (Å²) in [6.45, 7) is 7.81. The molecule has 2 N–H and O–H groups in total. The molecule has 1 saturated carbocycles. The Morgan fingerprint density at radius 2 is 1.90 bits per heavy atom. The van der Waals surface area contributed by atoms with Crippen LogP contribution in [0.2, 0.25) is 0 Å². The molecule has 1 heterocycles. The van der Waals surface area contributed by atoms with Crippen LogP contribution in [-0.4, -0.2) is 51.7 Å². The second-order valence-corrected chi connectivity index (χ2v) is 10.2. The summed E-state index contributed by atoms with van der Waals surface area (Å²) in [4.78, 5) is 6.29. The average molecular weight is 454 g/mol. The van der Waals surface area contributed by atoms with E-state index >= 15 is 0 Å². The van der Waals surface area contributed by atoms with Crippen molar-refractivity contribution in [2.24, 2.45) is 10.7 Å². The Morgan fingerprint density at radius 1 is 1.26 bits per heavy atom. The molecule has 1 saturated heterocycles. The number of alkyl halides is 2. The van der Waals surface area contributed by atoms with E-state index < -0.39 is 33.9 Å². The zero-order valence-corrected chi connectivity index (χ0v) is 18.5. The van der Waals surface area contributed by atoms with E-state index in [0.29, 0.717) is 43.3 Å². The van der Waals surface area contributed by atoms with Gasteiger partial charge in [0.2, 0.25) is 5.92 Å². The van der Waals surface area contributed by atoms with E-state index in [1.807, 2.05) is 6.07 Å². The average Bonchev–Trinajstić information content (AvgIpc) is 2.74. The number of amidine groups is 1. The molecule has 31 heavy (non-hydrogen) atoms. The third kappa shape index (κ3) is 5.71. The first-order chi connectivity index (χ1) is 14.6. The van der Waals surface area contributed by atoms with Crippen molar-refractivity contribution in [2.45, 2.75) is 48.7 Å². The van der Waals surface area contributed by atoms with Crippen molar-refractivity contribution in [3.05, 3.63) is 42.6 Å². The van der Waals surface area contributed by atoms with Gasteiger partial charge in [-0.1, -0.05) is 12.7 Å². The van der Waals surface area contributed by atoms with E-state index in [0.717, 1.165) is 5.69 Å². The molecule has 170 valence electrons. The number of sulfone groups is 1. The smallest absolute Gasteiger partial charge is 0.248 e. The highest BCUT2D eigenvalue weighted by Gasteiger charge is 2.40. The minimum absolute atomic E-state index is 0.0483. The highest BCUT2D eigenvalue weighted by Crippen LogP contribution is 2.38. The zero-order chi connectivity index (χ0) is 22.6. The van der Waals surface area contributed by atoms with Crippen LogP contribution in [0.4, 0.5) is 14.5 Å². The maximum absolute atomic E-state index is 13.6. The van der Waals surface area contributed by atoms with Gasteiger partial charge in [0.15, 0.2) is 9.84 Å². The van der Waals surface area contributed by atoms with Crippen molar-refractivity contribution in [2.75, 3.05) is 31.2 Å². The Morgan fingerprint density at radius 3 is 2.48 bits per heavy atom. The highest BCUT2D eigenvalue weighted by atomic mass is 32.2. The number of rotatable bonds is 6. The van der Waals surface area contributed by atoms with Gasteiger partial charge < -0.3 is 15.4 Å². The molecule has 0 amide bonds. The lowest BCUT2D eigenvalue weighted by Crippen LogP contribution is -2.36. The number of allylic oxidation sites excluding steroid dienone is 2. The number of morpholine rings is 1. The largest absolute Gasteiger partial charge is 0.387 e. The van der Waals surface area contributed by atoms with Gasteiger partial charge in [0.1, 0.15) is 0 Å². The Labute approximate surface area is 182 Å². The molecule has 6 nitrogen and oxygen atoms in total. The Hall–Kier alpha value is -2.26. The minimum atomic E-state index is -3.78. The summed E-state index contributed by atoms with van der Waals surface area (Å²) in [6, 6.07) is 5.09. The van der Waals surface area contributed by atoms with E-state index in [4.69, 9.17) is 10.5 Å². The van der Waals surface area contributed by atoms with Crippen molar-refractivity contribution in [3.63, 3.8) is 0 Å². The normalized spacial score (nSPS) is 21.2. The third-order valence-electron chi connectivity index (χ3n) is 5.66. The molecule has 0 spiro atoms. The van der Waals surface area contributed by atoms with Crippen LogP contribution >= 0.6 is 0 Å². The van der Waals surface area contributed by atoms with Crippen LogP contribution in [0, 0.1) is 0 Å². The van der Waals surface area contributed by atoms with Crippen LogP contribution in [0.3, 0.4) is 0 Å². The predicted molar refractivity (Wildman–Crippen MR) is 119 cm³/mol. The number of benzene rings is 1. The van der Waals surface area contributed by atoms with Crippen LogP contribution in [0.5, 0.6) is 0 Å². The number of ether oxygens (including phenoxy) is 1. The van der Waals surface area contributed by atoms with Crippen molar-refractivity contribution >= 4 is 26.9 Å². The molecule has 3 rings (SSSR count). The van der Waals surface area contributed by atoms with Gasteiger partial charge in [-0.15, -0.1) is 0 Å². The fraction of sp³-hybridized carbons (Fsp3) is 0.500. The molecular formula is C22H29F2N3O3S. The Bertz CT molecular complexity index is 970. The van der Waals surface area contributed by atoms with E-state index in [1.54, 1.807) is 31.3 Å².